The van der Waals surface area contributed by atoms with Crippen LogP contribution in [-0.2, 0) is 0 Å². The zero-order valence-electron chi connectivity index (χ0n) is 10.1. The van der Waals surface area contributed by atoms with E-state index in [1.807, 2.05) is 0 Å². The van der Waals surface area contributed by atoms with Crippen molar-refractivity contribution in [1.82, 2.24) is 5.32 Å². The molecule has 1 aromatic carbocycles. The van der Waals surface area contributed by atoms with E-state index in [2.05, 4.69) is 79.1 Å². The Labute approximate surface area is 129 Å². The van der Waals surface area contributed by atoms with Crippen LogP contribution in [0.3, 0.4) is 0 Å². The van der Waals surface area contributed by atoms with Gasteiger partial charge in [-0.1, -0.05) is 35.0 Å². The topological polar surface area (TPSA) is 12.0 Å². The Morgan fingerprint density at radius 2 is 2.11 bits per heavy atom. The molecule has 1 atom stereocenters. The molecule has 0 radical (unpaired) electrons. The van der Waals surface area contributed by atoms with Gasteiger partial charge in [0.25, 0.3) is 0 Å². The maximum Gasteiger partial charge on any atom is 0.0596 e. The third-order valence-electron chi connectivity index (χ3n) is 2.73. The molecule has 96 valence electrons. The molecule has 1 N–H and O–H groups in total. The van der Waals surface area contributed by atoms with E-state index in [9.17, 15) is 0 Å². The molecular weight excluding hydrogens is 374 g/mol. The first-order chi connectivity index (χ1) is 8.72. The average Bonchev–Trinajstić information content (AvgIpc) is 2.77. The number of benzene rings is 1. The van der Waals surface area contributed by atoms with Gasteiger partial charge in [0.1, 0.15) is 0 Å². The fourth-order valence-electron chi connectivity index (χ4n) is 1.88. The molecule has 0 fully saturated rings. The monoisotopic (exact) mass is 387 g/mol. The van der Waals surface area contributed by atoms with Gasteiger partial charge in [0.2, 0.25) is 0 Å². The molecule has 4 heteroatoms. The number of rotatable bonds is 5. The molecule has 2 aromatic rings. The van der Waals surface area contributed by atoms with Gasteiger partial charge in [-0.25, -0.2) is 0 Å². The summed E-state index contributed by atoms with van der Waals surface area (Å²) in [5.74, 6) is 0. The lowest BCUT2D eigenvalue weighted by molar-refractivity contribution is 0.598. The second-order valence-electron chi connectivity index (χ2n) is 4.12. The van der Waals surface area contributed by atoms with Gasteiger partial charge in [-0.3, -0.25) is 0 Å². The molecule has 1 aromatic heterocycles. The van der Waals surface area contributed by atoms with Crippen LogP contribution in [0.2, 0.25) is 0 Å². The van der Waals surface area contributed by atoms with Gasteiger partial charge in [0, 0.05) is 14.3 Å². The first-order valence-corrected chi connectivity index (χ1v) is 8.45. The zero-order valence-corrected chi connectivity index (χ0v) is 14.1. The van der Waals surface area contributed by atoms with Crippen LogP contribution < -0.4 is 5.32 Å². The minimum absolute atomic E-state index is 0.253. The van der Waals surface area contributed by atoms with Crippen LogP contribution >= 0.6 is 43.2 Å². The Bertz CT molecular complexity index is 510. The fourth-order valence-corrected chi connectivity index (χ4v) is 3.85. The quantitative estimate of drug-likeness (QED) is 0.726. The van der Waals surface area contributed by atoms with Gasteiger partial charge < -0.3 is 5.32 Å². The highest BCUT2D eigenvalue weighted by atomic mass is 79.9. The highest BCUT2D eigenvalue weighted by Gasteiger charge is 2.16. The number of hydrogen-bond donors (Lipinski definition) is 1. The third-order valence-corrected chi connectivity index (χ3v) is 4.98. The zero-order chi connectivity index (χ0) is 13.0. The largest absolute Gasteiger partial charge is 0.306 e. The van der Waals surface area contributed by atoms with Crippen molar-refractivity contribution in [3.63, 3.8) is 0 Å². The minimum Gasteiger partial charge on any atom is -0.306 e. The van der Waals surface area contributed by atoms with Crippen molar-refractivity contribution in [3.05, 3.63) is 55.1 Å². The van der Waals surface area contributed by atoms with E-state index in [4.69, 9.17) is 0 Å². The van der Waals surface area contributed by atoms with Crippen LogP contribution in [0.1, 0.15) is 30.5 Å². The van der Waals surface area contributed by atoms with Crippen LogP contribution in [0, 0.1) is 0 Å². The number of halogens is 2. The SMILES string of the molecule is CCCNC(c1cccc(Br)c1)c1cscc1Br. The molecule has 0 aliphatic rings. The molecular formula is C14H15Br2NS. The summed E-state index contributed by atoms with van der Waals surface area (Å²) < 4.78 is 2.30. The van der Waals surface area contributed by atoms with Gasteiger partial charge in [-0.2, -0.15) is 11.3 Å². The lowest BCUT2D eigenvalue weighted by Crippen LogP contribution is -2.23. The first kappa shape index (κ1) is 14.3. The Kier molecular flexibility index (Phi) is 5.42. The molecule has 2 rings (SSSR count). The molecule has 0 bridgehead atoms. The van der Waals surface area contributed by atoms with Crippen molar-refractivity contribution in [1.29, 1.82) is 0 Å². The predicted molar refractivity (Wildman–Crippen MR) is 86.3 cm³/mol. The molecule has 18 heavy (non-hydrogen) atoms. The lowest BCUT2D eigenvalue weighted by atomic mass is 10.0. The molecule has 0 spiro atoms. The second kappa shape index (κ2) is 6.85. The summed E-state index contributed by atoms with van der Waals surface area (Å²) in [6.45, 7) is 3.20. The average molecular weight is 389 g/mol. The van der Waals surface area contributed by atoms with E-state index < -0.39 is 0 Å². The number of hydrogen-bond acceptors (Lipinski definition) is 2. The molecule has 0 aliphatic carbocycles. The molecule has 0 saturated heterocycles. The van der Waals surface area contributed by atoms with E-state index in [0.717, 1.165) is 17.4 Å². The van der Waals surface area contributed by atoms with Crippen molar-refractivity contribution < 1.29 is 0 Å². The number of thiophene rings is 1. The molecule has 0 amide bonds. The number of nitrogens with one attached hydrogen (secondary N) is 1. The van der Waals surface area contributed by atoms with Crippen LogP contribution in [-0.4, -0.2) is 6.54 Å². The summed E-state index contributed by atoms with van der Waals surface area (Å²) in [5, 5.41) is 7.95. The van der Waals surface area contributed by atoms with E-state index in [1.54, 1.807) is 11.3 Å². The van der Waals surface area contributed by atoms with E-state index in [1.165, 1.54) is 15.6 Å². The second-order valence-corrected chi connectivity index (χ2v) is 6.63. The van der Waals surface area contributed by atoms with Gasteiger partial charge in [-0.15, -0.1) is 0 Å². The summed E-state index contributed by atoms with van der Waals surface area (Å²) in [7, 11) is 0. The van der Waals surface area contributed by atoms with E-state index in [0.29, 0.717) is 0 Å². The summed E-state index contributed by atoms with van der Waals surface area (Å²) >= 11 is 8.91. The standard InChI is InChI=1S/C14H15Br2NS/c1-2-6-17-14(12-8-18-9-13(12)16)10-4-3-5-11(15)7-10/h3-5,7-9,14,17H,2,6H2,1H3. The molecule has 0 saturated carbocycles. The maximum atomic E-state index is 3.63. The minimum atomic E-state index is 0.253. The molecule has 1 unspecified atom stereocenters. The summed E-state index contributed by atoms with van der Waals surface area (Å²) in [5.41, 5.74) is 2.60. The molecule has 0 aliphatic heterocycles. The van der Waals surface area contributed by atoms with Crippen LogP contribution in [0.5, 0.6) is 0 Å². The maximum absolute atomic E-state index is 3.63. The Morgan fingerprint density at radius 1 is 1.28 bits per heavy atom. The highest BCUT2D eigenvalue weighted by molar-refractivity contribution is 9.10. The Balaban J connectivity index is 2.33. The van der Waals surface area contributed by atoms with Crippen LogP contribution in [0.25, 0.3) is 0 Å². The van der Waals surface area contributed by atoms with Crippen LogP contribution in [0.4, 0.5) is 0 Å². The van der Waals surface area contributed by atoms with Gasteiger partial charge in [-0.05, 0) is 57.5 Å². The Morgan fingerprint density at radius 3 is 2.72 bits per heavy atom. The fraction of sp³-hybridized carbons (Fsp3) is 0.286. The van der Waals surface area contributed by atoms with Crippen molar-refractivity contribution in [2.24, 2.45) is 0 Å². The summed E-state index contributed by atoms with van der Waals surface area (Å²) in [6, 6.07) is 8.74. The van der Waals surface area contributed by atoms with Crippen molar-refractivity contribution in [2.75, 3.05) is 6.54 Å². The van der Waals surface area contributed by atoms with Crippen molar-refractivity contribution in [3.8, 4) is 0 Å². The summed E-state index contributed by atoms with van der Waals surface area (Å²) in [4.78, 5) is 0. The van der Waals surface area contributed by atoms with Gasteiger partial charge in [0.15, 0.2) is 0 Å². The Hall–Kier alpha value is -0.160. The first-order valence-electron chi connectivity index (χ1n) is 5.92. The van der Waals surface area contributed by atoms with E-state index in [-0.39, 0.29) is 6.04 Å². The highest BCUT2D eigenvalue weighted by Crippen LogP contribution is 2.32. The smallest absolute Gasteiger partial charge is 0.0596 e. The lowest BCUT2D eigenvalue weighted by Gasteiger charge is -2.19. The predicted octanol–water partition coefficient (Wildman–Crippen LogP) is 5.36. The van der Waals surface area contributed by atoms with Crippen molar-refractivity contribution >= 4 is 43.2 Å². The van der Waals surface area contributed by atoms with Gasteiger partial charge >= 0.3 is 0 Å². The van der Waals surface area contributed by atoms with Gasteiger partial charge in [0.05, 0.1) is 6.04 Å². The third kappa shape index (κ3) is 3.44. The molecule has 1 nitrogen and oxygen atoms in total. The van der Waals surface area contributed by atoms with E-state index >= 15 is 0 Å². The van der Waals surface area contributed by atoms with Crippen molar-refractivity contribution in [2.45, 2.75) is 19.4 Å². The normalized spacial score (nSPS) is 12.6. The molecule has 1 heterocycles. The van der Waals surface area contributed by atoms with Crippen LogP contribution in [0.15, 0.2) is 44.0 Å². The summed E-state index contributed by atoms with van der Waals surface area (Å²) in [6.07, 6.45) is 1.13.